The number of nitrogens with two attached hydrogens (primary N) is 1. The zero-order valence-electron chi connectivity index (χ0n) is 27.2. The van der Waals surface area contributed by atoms with Crippen LogP contribution in [0.2, 0.25) is 0 Å². The van der Waals surface area contributed by atoms with Gasteiger partial charge in [0.1, 0.15) is 23.2 Å². The van der Waals surface area contributed by atoms with Gasteiger partial charge in [0.15, 0.2) is 11.2 Å². The molecule has 7 rings (SSSR count). The number of ether oxygens (including phenoxy) is 1. The molecule has 3 aliphatic rings. The van der Waals surface area contributed by atoms with Crippen LogP contribution in [0.3, 0.4) is 0 Å². The Bertz CT molecular complexity index is 1930. The summed E-state index contributed by atoms with van der Waals surface area (Å²) < 4.78 is 10.4. The molecule has 0 radical (unpaired) electrons. The van der Waals surface area contributed by atoms with Crippen LogP contribution < -0.4 is 11.1 Å². The van der Waals surface area contributed by atoms with E-state index in [-0.39, 0.29) is 28.5 Å². The maximum atomic E-state index is 14.3. The highest BCUT2D eigenvalue weighted by Crippen LogP contribution is 2.45. The zero-order chi connectivity index (χ0) is 35.2. The first kappa shape index (κ1) is 34.5. The minimum Gasteiger partial charge on any atom is -0.448 e. The van der Waals surface area contributed by atoms with Gasteiger partial charge in [-0.25, -0.2) is 4.79 Å². The minimum absolute atomic E-state index is 0.0176. The molecule has 1 saturated carbocycles. The predicted molar refractivity (Wildman–Crippen MR) is 198 cm³/mol. The van der Waals surface area contributed by atoms with Gasteiger partial charge in [0.2, 0.25) is 11.5 Å². The van der Waals surface area contributed by atoms with E-state index in [0.29, 0.717) is 10.7 Å². The number of pyridine rings is 1. The number of fused-ring (bicyclic) bond motifs is 1. The molecule has 2 aromatic heterocycles. The molecule has 51 heavy (non-hydrogen) atoms. The molecule has 2 amide bonds. The SMILES string of the molecule is Nc1nc(C(=NOC2CCCC2)C(=O)NC2C(=O)N3C(C(=O)OC(c4ccccc4)c4ccccc4)=C(S/C=C\c4cccnc4)CS[C@H]23)ns1. The van der Waals surface area contributed by atoms with Crippen LogP contribution in [0.5, 0.6) is 0 Å². The van der Waals surface area contributed by atoms with E-state index in [1.807, 2.05) is 84.3 Å². The van der Waals surface area contributed by atoms with Crippen molar-refractivity contribution < 1.29 is 24.0 Å². The summed E-state index contributed by atoms with van der Waals surface area (Å²) in [4.78, 5) is 57.9. The molecule has 15 heteroatoms. The van der Waals surface area contributed by atoms with Crippen molar-refractivity contribution >= 4 is 69.8 Å². The van der Waals surface area contributed by atoms with Crippen LogP contribution in [-0.2, 0) is 24.0 Å². The first-order valence-electron chi connectivity index (χ1n) is 16.3. The van der Waals surface area contributed by atoms with Crippen molar-refractivity contribution in [1.29, 1.82) is 0 Å². The van der Waals surface area contributed by atoms with Gasteiger partial charge in [0, 0.05) is 34.6 Å². The molecule has 2 aliphatic heterocycles. The summed E-state index contributed by atoms with van der Waals surface area (Å²) in [5.41, 5.74) is 8.24. The van der Waals surface area contributed by atoms with Crippen molar-refractivity contribution in [2.45, 2.75) is 49.3 Å². The van der Waals surface area contributed by atoms with Gasteiger partial charge < -0.3 is 20.6 Å². The molecule has 0 spiro atoms. The highest BCUT2D eigenvalue weighted by molar-refractivity contribution is 8.08. The van der Waals surface area contributed by atoms with E-state index in [1.54, 1.807) is 12.4 Å². The number of thioether (sulfide) groups is 2. The highest BCUT2D eigenvalue weighted by atomic mass is 32.2. The number of rotatable bonds is 12. The Balaban J connectivity index is 1.15. The topological polar surface area (TPSA) is 162 Å². The normalized spacial score (nSPS) is 19.3. The van der Waals surface area contributed by atoms with Gasteiger partial charge in [-0.3, -0.25) is 19.5 Å². The Kier molecular flexibility index (Phi) is 10.8. The number of benzene rings is 2. The van der Waals surface area contributed by atoms with E-state index < -0.39 is 35.3 Å². The molecule has 4 heterocycles. The minimum atomic E-state index is -0.950. The van der Waals surface area contributed by atoms with E-state index in [4.69, 9.17) is 15.3 Å². The van der Waals surface area contributed by atoms with Crippen LogP contribution >= 0.6 is 35.1 Å². The van der Waals surface area contributed by atoms with E-state index >= 15 is 0 Å². The zero-order valence-corrected chi connectivity index (χ0v) is 29.6. The third-order valence-electron chi connectivity index (χ3n) is 8.46. The number of nitrogens with one attached hydrogen (secondary N) is 1. The van der Waals surface area contributed by atoms with Crippen LogP contribution in [0.1, 0.15) is 54.3 Å². The highest BCUT2D eigenvalue weighted by Gasteiger charge is 2.55. The van der Waals surface area contributed by atoms with Gasteiger partial charge >= 0.3 is 5.97 Å². The summed E-state index contributed by atoms with van der Waals surface area (Å²) in [7, 11) is 0. The third-order valence-corrected chi connectivity index (χ3v) is 11.4. The fraction of sp³-hybridized carbons (Fsp3) is 0.250. The average molecular weight is 740 g/mol. The number of anilines is 1. The number of β-lactam (4-membered cyclic amide) rings is 1. The molecule has 1 unspecified atom stereocenters. The number of carbonyl (C=O) groups is 3. The molecular formula is C36H33N7O5S3. The van der Waals surface area contributed by atoms with Crippen LogP contribution in [-0.4, -0.2) is 66.0 Å². The van der Waals surface area contributed by atoms with Crippen molar-refractivity contribution in [2.75, 3.05) is 11.5 Å². The molecule has 4 aromatic rings. The molecule has 2 atom stereocenters. The van der Waals surface area contributed by atoms with Crippen molar-refractivity contribution in [3.05, 3.63) is 124 Å². The number of amides is 2. The molecule has 0 bridgehead atoms. The fourth-order valence-corrected chi connectivity index (χ4v) is 8.72. The Morgan fingerprint density at radius 3 is 2.41 bits per heavy atom. The molecule has 1 saturated heterocycles. The molecule has 12 nitrogen and oxygen atoms in total. The molecule has 2 fully saturated rings. The van der Waals surface area contributed by atoms with Gasteiger partial charge in [0.25, 0.3) is 11.8 Å². The maximum absolute atomic E-state index is 14.3. The third kappa shape index (κ3) is 7.85. The number of oxime groups is 1. The summed E-state index contributed by atoms with van der Waals surface area (Å²) >= 11 is 3.70. The molecule has 1 aliphatic carbocycles. The quantitative estimate of drug-likeness (QED) is 0.0814. The number of hydrogen-bond donors (Lipinski definition) is 2. The molecule has 2 aromatic carbocycles. The first-order chi connectivity index (χ1) is 25.0. The Hall–Kier alpha value is -4.99. The smallest absolute Gasteiger partial charge is 0.356 e. The summed E-state index contributed by atoms with van der Waals surface area (Å²) in [5.74, 6) is -1.37. The second-order valence-corrected chi connectivity index (χ2v) is 14.7. The Morgan fingerprint density at radius 2 is 1.76 bits per heavy atom. The maximum Gasteiger partial charge on any atom is 0.356 e. The van der Waals surface area contributed by atoms with Crippen LogP contribution in [0.25, 0.3) is 6.08 Å². The largest absolute Gasteiger partial charge is 0.448 e. The number of nitrogen functional groups attached to an aromatic ring is 1. The van der Waals surface area contributed by atoms with Gasteiger partial charge in [0.05, 0.1) is 0 Å². The Morgan fingerprint density at radius 1 is 1.04 bits per heavy atom. The lowest BCUT2D eigenvalue weighted by atomic mass is 10.0. The van der Waals surface area contributed by atoms with E-state index in [2.05, 4.69) is 24.8 Å². The number of esters is 1. The lowest BCUT2D eigenvalue weighted by Gasteiger charge is -2.49. The fourth-order valence-electron chi connectivity index (χ4n) is 5.93. The van der Waals surface area contributed by atoms with Crippen molar-refractivity contribution in [2.24, 2.45) is 5.16 Å². The first-order valence-corrected chi connectivity index (χ1v) is 19.0. The summed E-state index contributed by atoms with van der Waals surface area (Å²) in [5, 5.41) is 8.38. The molecule has 3 N–H and O–H groups in total. The molecular weight excluding hydrogens is 707 g/mol. The van der Waals surface area contributed by atoms with Crippen molar-refractivity contribution in [1.82, 2.24) is 24.6 Å². The standard InChI is InChI=1S/C36H33N7O5S3/c37-36-40-31(42-51-36)27(41-48-25-15-7-8-16-25)32(44)39-28-33(45)43-29(26(21-50-34(28)43)49-19-17-22-10-9-18-38-20-22)35(46)47-30(23-11-3-1-4-12-23)24-13-5-2-6-14-24/h1-6,9-14,17-20,25,28,30,34H,7-8,15-16,21H2,(H,39,44)(H2,37,40,42)/b19-17-,41-27?/t28?,34-/m1/s1. The molecule has 260 valence electrons. The van der Waals surface area contributed by atoms with Gasteiger partial charge in [-0.05, 0) is 59.9 Å². The van der Waals surface area contributed by atoms with Gasteiger partial charge in [-0.2, -0.15) is 9.36 Å². The van der Waals surface area contributed by atoms with E-state index in [0.717, 1.165) is 53.9 Å². The van der Waals surface area contributed by atoms with E-state index in [9.17, 15) is 14.4 Å². The number of carbonyl (C=O) groups excluding carboxylic acids is 3. The average Bonchev–Trinajstić information content (AvgIpc) is 3.85. The van der Waals surface area contributed by atoms with Gasteiger partial charge in [-0.1, -0.05) is 83.6 Å². The number of aromatic nitrogens is 3. The van der Waals surface area contributed by atoms with Crippen LogP contribution in [0, 0.1) is 0 Å². The van der Waals surface area contributed by atoms with Crippen LogP contribution in [0.4, 0.5) is 5.13 Å². The summed E-state index contributed by atoms with van der Waals surface area (Å²) in [6, 6.07) is 21.7. The second-order valence-electron chi connectivity index (χ2n) is 11.9. The van der Waals surface area contributed by atoms with Crippen LogP contribution in [0.15, 0.2) is 106 Å². The monoisotopic (exact) mass is 739 g/mol. The van der Waals surface area contributed by atoms with Crippen molar-refractivity contribution in [3.63, 3.8) is 0 Å². The number of hydrogen-bond acceptors (Lipinski definition) is 13. The lowest BCUT2D eigenvalue weighted by molar-refractivity contribution is -0.154. The predicted octanol–water partition coefficient (Wildman–Crippen LogP) is 5.53. The number of nitrogens with zero attached hydrogens (tertiary/aromatic N) is 5. The lowest BCUT2D eigenvalue weighted by Crippen LogP contribution is -2.71. The van der Waals surface area contributed by atoms with Gasteiger partial charge in [-0.15, -0.1) is 11.8 Å². The second kappa shape index (κ2) is 15.9. The summed E-state index contributed by atoms with van der Waals surface area (Å²) in [6.07, 6.45) is 8.17. The Labute approximate surface area is 306 Å². The van der Waals surface area contributed by atoms with Crippen molar-refractivity contribution in [3.8, 4) is 0 Å². The van der Waals surface area contributed by atoms with E-state index in [1.165, 1.54) is 28.4 Å². The summed E-state index contributed by atoms with van der Waals surface area (Å²) in [6.45, 7) is 0.